The molecule has 0 aliphatic rings. The lowest BCUT2D eigenvalue weighted by atomic mass is 10.1. The molecule has 0 unspecified atom stereocenters. The van der Waals surface area contributed by atoms with E-state index in [2.05, 4.69) is 20.3 Å². The van der Waals surface area contributed by atoms with Crippen LogP contribution >= 0.6 is 11.6 Å². The normalized spacial score (nSPS) is 10.9. The van der Waals surface area contributed by atoms with E-state index in [1.165, 1.54) is 30.3 Å². The van der Waals surface area contributed by atoms with Crippen molar-refractivity contribution in [1.82, 2.24) is 20.2 Å². The number of halogens is 2. The molecule has 2 rings (SSSR count). The van der Waals surface area contributed by atoms with Gasteiger partial charge in [0.05, 0.1) is 17.8 Å². The summed E-state index contributed by atoms with van der Waals surface area (Å²) in [5.74, 6) is -1.28. The van der Waals surface area contributed by atoms with Crippen molar-refractivity contribution in [3.63, 3.8) is 0 Å². The van der Waals surface area contributed by atoms with Gasteiger partial charge in [0.15, 0.2) is 5.82 Å². The van der Waals surface area contributed by atoms with Gasteiger partial charge >= 0.3 is 5.97 Å². The first-order valence-electron chi connectivity index (χ1n) is 5.11. The fourth-order valence-electron chi connectivity index (χ4n) is 1.41. The second-order valence-corrected chi connectivity index (χ2v) is 3.81. The van der Waals surface area contributed by atoms with Crippen LogP contribution in [-0.2, 0) is 9.53 Å². The number of ether oxygens (including phenoxy) is 1. The van der Waals surface area contributed by atoms with Crippen molar-refractivity contribution in [2.75, 3.05) is 7.11 Å². The number of methoxy groups -OCH3 is 1. The van der Waals surface area contributed by atoms with Crippen LogP contribution in [0.15, 0.2) is 24.5 Å². The molecule has 0 aliphatic heterocycles. The molecule has 0 saturated heterocycles. The topological polar surface area (TPSA) is 69.9 Å². The van der Waals surface area contributed by atoms with E-state index in [1.807, 2.05) is 0 Å². The third-order valence-electron chi connectivity index (χ3n) is 2.29. The van der Waals surface area contributed by atoms with E-state index in [-0.39, 0.29) is 10.6 Å². The Bertz CT molecular complexity index is 628. The van der Waals surface area contributed by atoms with E-state index in [4.69, 9.17) is 11.6 Å². The van der Waals surface area contributed by atoms with E-state index < -0.39 is 11.8 Å². The van der Waals surface area contributed by atoms with E-state index in [9.17, 15) is 9.18 Å². The Hall–Kier alpha value is -2.28. The smallest absolute Gasteiger partial charge is 0.330 e. The zero-order chi connectivity index (χ0) is 13.8. The van der Waals surface area contributed by atoms with Crippen LogP contribution in [-0.4, -0.2) is 33.3 Å². The minimum Gasteiger partial charge on any atom is -0.466 e. The number of rotatable bonds is 3. The molecular weight excluding hydrogens is 275 g/mol. The molecule has 0 aliphatic carbocycles. The molecule has 1 aromatic heterocycles. The Labute approximate surface area is 112 Å². The number of esters is 1. The Morgan fingerprint density at radius 3 is 2.95 bits per heavy atom. The number of aromatic nitrogens is 4. The maximum Gasteiger partial charge on any atom is 0.330 e. The Balaban J connectivity index is 2.53. The van der Waals surface area contributed by atoms with Crippen molar-refractivity contribution < 1.29 is 13.9 Å². The second kappa shape index (κ2) is 5.57. The highest BCUT2D eigenvalue weighted by Crippen LogP contribution is 2.25. The number of carbonyl (C=O) groups excluding carboxylic acids is 1. The highest BCUT2D eigenvalue weighted by Gasteiger charge is 2.13. The largest absolute Gasteiger partial charge is 0.466 e. The number of hydrogen-bond donors (Lipinski definition) is 0. The van der Waals surface area contributed by atoms with Crippen molar-refractivity contribution in [2.24, 2.45) is 0 Å². The summed E-state index contributed by atoms with van der Waals surface area (Å²) < 4.78 is 19.7. The molecule has 0 saturated carbocycles. The summed E-state index contributed by atoms with van der Waals surface area (Å²) in [4.78, 5) is 11.1. The number of carbonyl (C=O) groups is 1. The van der Waals surface area contributed by atoms with Crippen molar-refractivity contribution in [1.29, 1.82) is 0 Å². The van der Waals surface area contributed by atoms with Gasteiger partial charge in [0.2, 0.25) is 0 Å². The third-order valence-corrected chi connectivity index (χ3v) is 2.58. The lowest BCUT2D eigenvalue weighted by Crippen LogP contribution is -2.01. The number of hydrogen-bond acceptors (Lipinski definition) is 5. The fourth-order valence-corrected chi connectivity index (χ4v) is 1.57. The van der Waals surface area contributed by atoms with Gasteiger partial charge in [-0.05, 0) is 28.6 Å². The van der Waals surface area contributed by atoms with Crippen molar-refractivity contribution in [3.05, 3.63) is 40.9 Å². The molecule has 0 spiro atoms. The molecule has 98 valence electrons. The van der Waals surface area contributed by atoms with Gasteiger partial charge in [0.25, 0.3) is 0 Å². The monoisotopic (exact) mass is 282 g/mol. The molecule has 0 fully saturated rings. The average Bonchev–Trinajstić information content (AvgIpc) is 2.93. The highest BCUT2D eigenvalue weighted by molar-refractivity contribution is 6.31. The van der Waals surface area contributed by atoms with E-state index in [1.54, 1.807) is 6.07 Å². The predicted molar refractivity (Wildman–Crippen MR) is 65.2 cm³/mol. The zero-order valence-electron chi connectivity index (χ0n) is 9.75. The maximum atomic E-state index is 14.0. The van der Waals surface area contributed by atoms with Crippen LogP contribution in [0.5, 0.6) is 0 Å². The van der Waals surface area contributed by atoms with E-state index in [0.717, 1.165) is 6.08 Å². The second-order valence-electron chi connectivity index (χ2n) is 3.41. The van der Waals surface area contributed by atoms with Gasteiger partial charge in [-0.15, -0.1) is 5.10 Å². The molecule has 0 N–H and O–H groups in total. The molecule has 1 heterocycles. The molecule has 1 aromatic carbocycles. The summed E-state index contributed by atoms with van der Waals surface area (Å²) in [5.41, 5.74) is 0.442. The van der Waals surface area contributed by atoms with Crippen LogP contribution in [0.3, 0.4) is 0 Å². The lowest BCUT2D eigenvalue weighted by Gasteiger charge is -2.07. The van der Waals surface area contributed by atoms with Crippen LogP contribution < -0.4 is 0 Å². The van der Waals surface area contributed by atoms with Gasteiger partial charge in [0, 0.05) is 11.6 Å². The Morgan fingerprint density at radius 2 is 2.32 bits per heavy atom. The minimum atomic E-state index is -0.671. The summed E-state index contributed by atoms with van der Waals surface area (Å²) in [6.45, 7) is 0. The van der Waals surface area contributed by atoms with Gasteiger partial charge in [-0.25, -0.2) is 9.18 Å². The van der Waals surface area contributed by atoms with Crippen molar-refractivity contribution >= 4 is 23.6 Å². The number of tetrazole rings is 1. The fraction of sp³-hybridized carbons (Fsp3) is 0.0909. The van der Waals surface area contributed by atoms with Crippen LogP contribution in [0.25, 0.3) is 11.8 Å². The molecular formula is C11H8ClFN4O2. The maximum absolute atomic E-state index is 14.0. The number of benzene rings is 1. The Kier molecular flexibility index (Phi) is 3.86. The SMILES string of the molecule is COC(=O)/C=C/c1c(-n2cnnn2)ccc(Cl)c1F. The highest BCUT2D eigenvalue weighted by atomic mass is 35.5. The van der Waals surface area contributed by atoms with Crippen LogP contribution in [0, 0.1) is 5.82 Å². The Morgan fingerprint density at radius 1 is 1.53 bits per heavy atom. The molecule has 0 bridgehead atoms. The van der Waals surface area contributed by atoms with Crippen LogP contribution in [0.2, 0.25) is 5.02 Å². The van der Waals surface area contributed by atoms with Crippen LogP contribution in [0.4, 0.5) is 4.39 Å². The van der Waals surface area contributed by atoms with Crippen molar-refractivity contribution in [2.45, 2.75) is 0 Å². The molecule has 2 aromatic rings. The minimum absolute atomic E-state index is 0.0682. The van der Waals surface area contributed by atoms with Gasteiger partial charge in [-0.1, -0.05) is 11.6 Å². The van der Waals surface area contributed by atoms with E-state index >= 15 is 0 Å². The summed E-state index contributed by atoms with van der Waals surface area (Å²) >= 11 is 5.71. The van der Waals surface area contributed by atoms with Gasteiger partial charge in [-0.2, -0.15) is 4.68 Å². The summed E-state index contributed by atoms with van der Waals surface area (Å²) in [6.07, 6.45) is 3.64. The first kappa shape index (κ1) is 13.2. The molecule has 19 heavy (non-hydrogen) atoms. The molecule has 0 atom stereocenters. The summed E-state index contributed by atoms with van der Waals surface area (Å²) in [7, 11) is 1.23. The van der Waals surface area contributed by atoms with Gasteiger partial charge in [-0.3, -0.25) is 0 Å². The molecule has 0 amide bonds. The predicted octanol–water partition coefficient (Wildman–Crippen LogP) is 1.64. The molecule has 0 radical (unpaired) electrons. The summed E-state index contributed by atoms with van der Waals surface area (Å²) in [6, 6.07) is 2.92. The number of nitrogens with zero attached hydrogens (tertiary/aromatic N) is 4. The first-order chi connectivity index (χ1) is 9.13. The third kappa shape index (κ3) is 2.76. The standard InChI is InChI=1S/C11H8ClFN4O2/c1-19-10(18)5-2-7-9(17-6-14-15-16-17)4-3-8(12)11(7)13/h2-6H,1H3/b5-2+. The summed E-state index contributed by atoms with van der Waals surface area (Å²) in [5, 5.41) is 10.5. The van der Waals surface area contributed by atoms with Crippen LogP contribution in [0.1, 0.15) is 5.56 Å². The van der Waals surface area contributed by atoms with Crippen molar-refractivity contribution in [3.8, 4) is 5.69 Å². The average molecular weight is 283 g/mol. The molecule has 8 heteroatoms. The van der Waals surface area contributed by atoms with Gasteiger partial charge in [0.1, 0.15) is 6.33 Å². The zero-order valence-corrected chi connectivity index (χ0v) is 10.5. The lowest BCUT2D eigenvalue weighted by molar-refractivity contribution is -0.134. The first-order valence-corrected chi connectivity index (χ1v) is 5.48. The van der Waals surface area contributed by atoms with Gasteiger partial charge < -0.3 is 4.74 Å². The quantitative estimate of drug-likeness (QED) is 0.632. The molecule has 6 nitrogen and oxygen atoms in total. The van der Waals surface area contributed by atoms with E-state index in [0.29, 0.717) is 5.69 Å².